The summed E-state index contributed by atoms with van der Waals surface area (Å²) < 4.78 is 0. The van der Waals surface area contributed by atoms with E-state index in [-0.39, 0.29) is 12.5 Å². The van der Waals surface area contributed by atoms with Gasteiger partial charge in [-0.05, 0) is 24.6 Å². The van der Waals surface area contributed by atoms with E-state index in [1.54, 1.807) is 6.07 Å². The Kier molecular flexibility index (Phi) is 3.78. The summed E-state index contributed by atoms with van der Waals surface area (Å²) in [5, 5.41) is 9.67. The van der Waals surface area contributed by atoms with Crippen LogP contribution in [-0.2, 0) is 4.79 Å². The molecule has 1 saturated heterocycles. The quantitative estimate of drug-likeness (QED) is 0.909. The van der Waals surface area contributed by atoms with Gasteiger partial charge in [-0.2, -0.15) is 0 Å². The Labute approximate surface area is 114 Å². The maximum Gasteiger partial charge on any atom is 0.308 e. The molecule has 1 aromatic carbocycles. The van der Waals surface area contributed by atoms with Gasteiger partial charge in [0.25, 0.3) is 5.91 Å². The predicted octanol–water partition coefficient (Wildman–Crippen LogP) is 2.54. The standard InChI is InChI=1S/C12H11Cl2NO3/c13-9-3-8(4-10(14)5-9)11(16)15-2-1-7(6-15)12(17)18/h3-5,7H,1-2,6H2,(H,17,18)/t7-/m1/s1. The molecular weight excluding hydrogens is 277 g/mol. The Morgan fingerprint density at radius 1 is 1.22 bits per heavy atom. The number of benzene rings is 1. The normalized spacial score (nSPS) is 19.0. The lowest BCUT2D eigenvalue weighted by Crippen LogP contribution is -2.29. The molecule has 18 heavy (non-hydrogen) atoms. The van der Waals surface area contributed by atoms with Gasteiger partial charge < -0.3 is 10.0 Å². The number of rotatable bonds is 2. The molecule has 1 heterocycles. The van der Waals surface area contributed by atoms with E-state index in [4.69, 9.17) is 28.3 Å². The molecule has 6 heteroatoms. The van der Waals surface area contributed by atoms with E-state index in [9.17, 15) is 9.59 Å². The first-order valence-corrected chi connectivity index (χ1v) is 6.21. The summed E-state index contributed by atoms with van der Waals surface area (Å²) in [6.07, 6.45) is 0.482. The van der Waals surface area contributed by atoms with Gasteiger partial charge in [-0.15, -0.1) is 0 Å². The number of aliphatic carboxylic acids is 1. The van der Waals surface area contributed by atoms with Crippen molar-refractivity contribution in [2.24, 2.45) is 5.92 Å². The lowest BCUT2D eigenvalue weighted by molar-refractivity contribution is -0.141. The predicted molar refractivity (Wildman–Crippen MR) is 68.1 cm³/mol. The smallest absolute Gasteiger partial charge is 0.308 e. The third kappa shape index (κ3) is 2.76. The second kappa shape index (κ2) is 5.16. The molecule has 1 aliphatic rings. The average molecular weight is 288 g/mol. The van der Waals surface area contributed by atoms with E-state index in [0.29, 0.717) is 28.6 Å². The van der Waals surface area contributed by atoms with E-state index in [1.165, 1.54) is 17.0 Å². The van der Waals surface area contributed by atoms with E-state index in [0.717, 1.165) is 0 Å². The van der Waals surface area contributed by atoms with Gasteiger partial charge in [0.05, 0.1) is 5.92 Å². The van der Waals surface area contributed by atoms with Crippen molar-refractivity contribution in [1.82, 2.24) is 4.90 Å². The van der Waals surface area contributed by atoms with Gasteiger partial charge in [-0.1, -0.05) is 23.2 Å². The first kappa shape index (κ1) is 13.2. The number of amides is 1. The summed E-state index contributed by atoms with van der Waals surface area (Å²) in [7, 11) is 0. The molecule has 2 rings (SSSR count). The molecule has 0 saturated carbocycles. The van der Waals surface area contributed by atoms with Gasteiger partial charge in [0.1, 0.15) is 0 Å². The number of carboxylic acids is 1. The van der Waals surface area contributed by atoms with Crippen LogP contribution in [0, 0.1) is 5.92 Å². The number of carboxylic acid groups (broad SMARTS) is 1. The highest BCUT2D eigenvalue weighted by Gasteiger charge is 2.31. The highest BCUT2D eigenvalue weighted by atomic mass is 35.5. The number of halogens is 2. The first-order chi connectivity index (χ1) is 8.47. The molecule has 1 amide bonds. The molecule has 0 bridgehead atoms. The Morgan fingerprint density at radius 2 is 1.83 bits per heavy atom. The van der Waals surface area contributed by atoms with Crippen molar-refractivity contribution in [3.63, 3.8) is 0 Å². The van der Waals surface area contributed by atoms with Crippen molar-refractivity contribution in [2.45, 2.75) is 6.42 Å². The maximum absolute atomic E-state index is 12.1. The van der Waals surface area contributed by atoms with Crippen molar-refractivity contribution in [3.8, 4) is 0 Å². The highest BCUT2D eigenvalue weighted by Crippen LogP contribution is 2.23. The molecule has 96 valence electrons. The molecule has 1 aliphatic heterocycles. The zero-order valence-corrected chi connectivity index (χ0v) is 10.9. The molecule has 0 aromatic heterocycles. The average Bonchev–Trinajstić information content (AvgIpc) is 2.75. The Morgan fingerprint density at radius 3 is 2.33 bits per heavy atom. The first-order valence-electron chi connectivity index (χ1n) is 5.45. The van der Waals surface area contributed by atoms with Crippen molar-refractivity contribution in [3.05, 3.63) is 33.8 Å². The molecular formula is C12H11Cl2NO3. The highest BCUT2D eigenvalue weighted by molar-refractivity contribution is 6.35. The van der Waals surface area contributed by atoms with Crippen LogP contribution in [0.25, 0.3) is 0 Å². The van der Waals surface area contributed by atoms with E-state index < -0.39 is 11.9 Å². The fraction of sp³-hybridized carbons (Fsp3) is 0.333. The van der Waals surface area contributed by atoms with Gasteiger partial charge in [0.15, 0.2) is 0 Å². The maximum atomic E-state index is 12.1. The SMILES string of the molecule is O=C(O)[C@@H]1CCN(C(=O)c2cc(Cl)cc(Cl)c2)C1. The van der Waals surface area contributed by atoms with E-state index in [2.05, 4.69) is 0 Å². The number of hydrogen-bond donors (Lipinski definition) is 1. The molecule has 0 radical (unpaired) electrons. The lowest BCUT2D eigenvalue weighted by Gasteiger charge is -2.16. The summed E-state index contributed by atoms with van der Waals surface area (Å²) in [6.45, 7) is 0.679. The Balaban J connectivity index is 2.15. The Bertz CT molecular complexity index is 484. The summed E-state index contributed by atoms with van der Waals surface area (Å²) in [5.41, 5.74) is 0.388. The minimum Gasteiger partial charge on any atom is -0.481 e. The number of carbonyl (C=O) groups is 2. The van der Waals surface area contributed by atoms with Crippen LogP contribution < -0.4 is 0 Å². The number of nitrogens with zero attached hydrogens (tertiary/aromatic N) is 1. The fourth-order valence-electron chi connectivity index (χ4n) is 2.01. The van der Waals surface area contributed by atoms with E-state index >= 15 is 0 Å². The molecule has 1 fully saturated rings. The molecule has 4 nitrogen and oxygen atoms in total. The third-order valence-electron chi connectivity index (χ3n) is 2.93. The molecule has 1 aromatic rings. The topological polar surface area (TPSA) is 57.6 Å². The third-order valence-corrected chi connectivity index (χ3v) is 3.37. The fourth-order valence-corrected chi connectivity index (χ4v) is 2.53. The van der Waals surface area contributed by atoms with Gasteiger partial charge in [0, 0.05) is 28.7 Å². The summed E-state index contributed by atoms with van der Waals surface area (Å²) in [4.78, 5) is 24.5. The van der Waals surface area contributed by atoms with Gasteiger partial charge >= 0.3 is 5.97 Å². The number of hydrogen-bond acceptors (Lipinski definition) is 2. The van der Waals surface area contributed by atoms with Crippen LogP contribution in [0.2, 0.25) is 10.0 Å². The van der Waals surface area contributed by atoms with Crippen LogP contribution >= 0.6 is 23.2 Å². The summed E-state index contributed by atoms with van der Waals surface area (Å²) in [5.74, 6) is -1.58. The largest absolute Gasteiger partial charge is 0.481 e. The van der Waals surface area contributed by atoms with Crippen LogP contribution in [0.4, 0.5) is 0 Å². The van der Waals surface area contributed by atoms with Crippen molar-refractivity contribution >= 4 is 35.1 Å². The van der Waals surface area contributed by atoms with Crippen LogP contribution in [-0.4, -0.2) is 35.0 Å². The summed E-state index contributed by atoms with van der Waals surface area (Å²) >= 11 is 11.7. The van der Waals surface area contributed by atoms with Crippen molar-refractivity contribution in [2.75, 3.05) is 13.1 Å². The van der Waals surface area contributed by atoms with E-state index in [1.807, 2.05) is 0 Å². The minimum absolute atomic E-state index is 0.233. The van der Waals surface area contributed by atoms with Crippen LogP contribution in [0.1, 0.15) is 16.8 Å². The number of likely N-dealkylation sites (tertiary alicyclic amines) is 1. The molecule has 1 N–H and O–H groups in total. The monoisotopic (exact) mass is 287 g/mol. The van der Waals surface area contributed by atoms with Gasteiger partial charge in [0.2, 0.25) is 0 Å². The number of carbonyl (C=O) groups excluding carboxylic acids is 1. The molecule has 0 aliphatic carbocycles. The lowest BCUT2D eigenvalue weighted by atomic mass is 10.1. The van der Waals surface area contributed by atoms with Crippen LogP contribution in [0.3, 0.4) is 0 Å². The zero-order valence-electron chi connectivity index (χ0n) is 9.40. The van der Waals surface area contributed by atoms with Gasteiger partial charge in [-0.3, -0.25) is 9.59 Å². The second-order valence-corrected chi connectivity index (χ2v) is 5.11. The van der Waals surface area contributed by atoms with Gasteiger partial charge in [-0.25, -0.2) is 0 Å². The van der Waals surface area contributed by atoms with Crippen molar-refractivity contribution in [1.29, 1.82) is 0 Å². The zero-order chi connectivity index (χ0) is 13.3. The molecule has 1 atom stereocenters. The summed E-state index contributed by atoms with van der Waals surface area (Å²) in [6, 6.07) is 4.61. The van der Waals surface area contributed by atoms with Crippen LogP contribution in [0.5, 0.6) is 0 Å². The van der Waals surface area contributed by atoms with Crippen LogP contribution in [0.15, 0.2) is 18.2 Å². The minimum atomic E-state index is -0.866. The Hall–Kier alpha value is -1.26. The second-order valence-electron chi connectivity index (χ2n) is 4.23. The van der Waals surface area contributed by atoms with Crippen molar-refractivity contribution < 1.29 is 14.7 Å². The molecule has 0 unspecified atom stereocenters. The molecule has 0 spiro atoms.